The molecule has 1 rings (SSSR count). The minimum atomic E-state index is -0.636. The number of nitrogens with two attached hydrogens (primary N) is 2. The van der Waals surface area contributed by atoms with Crippen LogP contribution in [-0.4, -0.2) is 12.8 Å². The monoisotopic (exact) mass is 140 g/mol. The lowest BCUT2D eigenvalue weighted by atomic mass is 10.0. The summed E-state index contributed by atoms with van der Waals surface area (Å²) >= 11 is 0. The molecular formula is C7H12N2O. The fraction of sp³-hybridized carbons (Fsp3) is 0.429. The van der Waals surface area contributed by atoms with Gasteiger partial charge in [-0.25, -0.2) is 0 Å². The summed E-state index contributed by atoms with van der Waals surface area (Å²) < 4.78 is 5.02. The standard InChI is InChI=1S/C7H12N2O/c1-10-7(9)4-2-6(8)3-5-7/h2-4H,5,8-9H2,1H3. The van der Waals surface area contributed by atoms with Crippen molar-refractivity contribution in [2.24, 2.45) is 11.5 Å². The summed E-state index contributed by atoms with van der Waals surface area (Å²) in [5.41, 5.74) is 11.3. The van der Waals surface area contributed by atoms with E-state index in [2.05, 4.69) is 0 Å². The van der Waals surface area contributed by atoms with E-state index in [1.165, 1.54) is 0 Å². The first-order chi connectivity index (χ1) is 4.66. The van der Waals surface area contributed by atoms with Crippen LogP contribution in [0.25, 0.3) is 0 Å². The lowest BCUT2D eigenvalue weighted by Gasteiger charge is -2.25. The molecule has 0 aromatic carbocycles. The highest BCUT2D eigenvalue weighted by Gasteiger charge is 2.20. The Hall–Kier alpha value is -0.800. The number of methoxy groups -OCH3 is 1. The molecule has 4 N–H and O–H groups in total. The Morgan fingerprint density at radius 1 is 1.70 bits per heavy atom. The molecular weight excluding hydrogens is 128 g/mol. The molecule has 0 saturated heterocycles. The van der Waals surface area contributed by atoms with E-state index in [0.717, 1.165) is 5.70 Å². The van der Waals surface area contributed by atoms with E-state index < -0.39 is 5.72 Å². The molecule has 0 aromatic heterocycles. The van der Waals surface area contributed by atoms with Gasteiger partial charge in [0.1, 0.15) is 5.72 Å². The van der Waals surface area contributed by atoms with E-state index in [1.807, 2.05) is 6.08 Å². The molecule has 56 valence electrons. The van der Waals surface area contributed by atoms with Crippen molar-refractivity contribution >= 4 is 0 Å². The van der Waals surface area contributed by atoms with Crippen molar-refractivity contribution < 1.29 is 4.74 Å². The topological polar surface area (TPSA) is 61.3 Å². The second-order valence-electron chi connectivity index (χ2n) is 2.40. The van der Waals surface area contributed by atoms with Gasteiger partial charge in [-0.1, -0.05) is 6.08 Å². The molecule has 3 heteroatoms. The summed E-state index contributed by atoms with van der Waals surface area (Å²) in [5.74, 6) is 0. The molecule has 1 unspecified atom stereocenters. The zero-order valence-corrected chi connectivity index (χ0v) is 6.00. The van der Waals surface area contributed by atoms with Crippen LogP contribution in [0.2, 0.25) is 0 Å². The zero-order chi connectivity index (χ0) is 7.61. The van der Waals surface area contributed by atoms with Gasteiger partial charge in [-0.05, 0) is 12.2 Å². The van der Waals surface area contributed by atoms with Crippen LogP contribution < -0.4 is 11.5 Å². The quantitative estimate of drug-likeness (QED) is 0.507. The Labute approximate surface area is 60.3 Å². The van der Waals surface area contributed by atoms with Crippen LogP contribution in [0.1, 0.15) is 6.42 Å². The maximum atomic E-state index is 5.71. The maximum Gasteiger partial charge on any atom is 0.139 e. The van der Waals surface area contributed by atoms with Gasteiger partial charge in [0.15, 0.2) is 0 Å². The van der Waals surface area contributed by atoms with Crippen LogP contribution >= 0.6 is 0 Å². The third-order valence-corrected chi connectivity index (χ3v) is 1.59. The highest BCUT2D eigenvalue weighted by Crippen LogP contribution is 2.16. The fourth-order valence-electron chi connectivity index (χ4n) is 0.802. The van der Waals surface area contributed by atoms with Gasteiger partial charge < -0.3 is 10.5 Å². The summed E-state index contributed by atoms with van der Waals surface area (Å²) in [6, 6.07) is 0. The van der Waals surface area contributed by atoms with Crippen molar-refractivity contribution in [3.05, 3.63) is 23.9 Å². The van der Waals surface area contributed by atoms with Gasteiger partial charge in [-0.15, -0.1) is 0 Å². The largest absolute Gasteiger partial charge is 0.399 e. The van der Waals surface area contributed by atoms with Crippen molar-refractivity contribution in [1.82, 2.24) is 0 Å². The van der Waals surface area contributed by atoms with Crippen LogP contribution in [0.4, 0.5) is 0 Å². The molecule has 1 aliphatic rings. The molecule has 0 bridgehead atoms. The summed E-state index contributed by atoms with van der Waals surface area (Å²) in [5, 5.41) is 0. The second-order valence-corrected chi connectivity index (χ2v) is 2.40. The van der Waals surface area contributed by atoms with E-state index in [0.29, 0.717) is 6.42 Å². The molecule has 1 atom stereocenters. The molecule has 0 aliphatic heterocycles. The normalized spacial score (nSPS) is 32.0. The average molecular weight is 140 g/mol. The minimum Gasteiger partial charge on any atom is -0.399 e. The summed E-state index contributed by atoms with van der Waals surface area (Å²) in [4.78, 5) is 0. The summed E-state index contributed by atoms with van der Waals surface area (Å²) in [6.07, 6.45) is 6.02. The Balaban J connectivity index is 2.67. The third kappa shape index (κ3) is 1.37. The Kier molecular flexibility index (Phi) is 1.78. The number of allylic oxidation sites excluding steroid dienone is 1. The predicted molar refractivity (Wildman–Crippen MR) is 40.0 cm³/mol. The first-order valence-electron chi connectivity index (χ1n) is 3.15. The Morgan fingerprint density at radius 2 is 2.40 bits per heavy atom. The third-order valence-electron chi connectivity index (χ3n) is 1.59. The highest BCUT2D eigenvalue weighted by molar-refractivity contribution is 5.24. The van der Waals surface area contributed by atoms with E-state index in [-0.39, 0.29) is 0 Å². The summed E-state index contributed by atoms with van der Waals surface area (Å²) in [6.45, 7) is 0. The maximum absolute atomic E-state index is 5.71. The molecule has 0 radical (unpaired) electrons. The fourth-order valence-corrected chi connectivity index (χ4v) is 0.802. The molecule has 0 heterocycles. The number of ether oxygens (including phenoxy) is 1. The first kappa shape index (κ1) is 7.31. The first-order valence-corrected chi connectivity index (χ1v) is 3.15. The van der Waals surface area contributed by atoms with E-state index >= 15 is 0 Å². The Bertz CT molecular complexity index is 186. The number of rotatable bonds is 1. The van der Waals surface area contributed by atoms with Gasteiger partial charge >= 0.3 is 0 Å². The molecule has 1 aliphatic carbocycles. The van der Waals surface area contributed by atoms with Gasteiger partial charge in [-0.3, -0.25) is 5.73 Å². The van der Waals surface area contributed by atoms with Crippen LogP contribution in [0.5, 0.6) is 0 Å². The van der Waals surface area contributed by atoms with Crippen LogP contribution in [0.3, 0.4) is 0 Å². The van der Waals surface area contributed by atoms with Crippen LogP contribution in [0, 0.1) is 0 Å². The number of hydrogen-bond acceptors (Lipinski definition) is 3. The molecule has 10 heavy (non-hydrogen) atoms. The highest BCUT2D eigenvalue weighted by atomic mass is 16.5. The molecule has 3 nitrogen and oxygen atoms in total. The molecule has 0 saturated carbocycles. The van der Waals surface area contributed by atoms with Crippen LogP contribution in [-0.2, 0) is 4.74 Å². The molecule has 0 fully saturated rings. The van der Waals surface area contributed by atoms with Gasteiger partial charge in [0.25, 0.3) is 0 Å². The van der Waals surface area contributed by atoms with Crippen molar-refractivity contribution in [2.45, 2.75) is 12.1 Å². The predicted octanol–water partition coefficient (Wildman–Crippen LogP) is 0.0903. The Morgan fingerprint density at radius 3 is 2.80 bits per heavy atom. The zero-order valence-electron chi connectivity index (χ0n) is 6.00. The average Bonchev–Trinajstić information content (AvgIpc) is 1.96. The SMILES string of the molecule is COC1(N)C=CC(N)=CC1. The van der Waals surface area contributed by atoms with E-state index in [1.54, 1.807) is 19.3 Å². The van der Waals surface area contributed by atoms with Gasteiger partial charge in [-0.2, -0.15) is 0 Å². The van der Waals surface area contributed by atoms with Gasteiger partial charge in [0.05, 0.1) is 0 Å². The van der Waals surface area contributed by atoms with Crippen LogP contribution in [0.15, 0.2) is 23.9 Å². The number of hydrogen-bond donors (Lipinski definition) is 2. The smallest absolute Gasteiger partial charge is 0.139 e. The lowest BCUT2D eigenvalue weighted by Crippen LogP contribution is -2.40. The van der Waals surface area contributed by atoms with Crippen molar-refractivity contribution in [3.8, 4) is 0 Å². The van der Waals surface area contributed by atoms with Crippen molar-refractivity contribution in [3.63, 3.8) is 0 Å². The molecule has 0 spiro atoms. The van der Waals surface area contributed by atoms with Gasteiger partial charge in [0.2, 0.25) is 0 Å². The second kappa shape index (κ2) is 2.44. The van der Waals surface area contributed by atoms with E-state index in [4.69, 9.17) is 16.2 Å². The minimum absolute atomic E-state index is 0.636. The van der Waals surface area contributed by atoms with Crippen molar-refractivity contribution in [1.29, 1.82) is 0 Å². The molecule has 0 aromatic rings. The summed E-state index contributed by atoms with van der Waals surface area (Å²) in [7, 11) is 1.58. The van der Waals surface area contributed by atoms with Gasteiger partial charge in [0, 0.05) is 19.2 Å². The van der Waals surface area contributed by atoms with E-state index in [9.17, 15) is 0 Å². The molecule has 0 amide bonds. The lowest BCUT2D eigenvalue weighted by molar-refractivity contribution is 0.0393. The van der Waals surface area contributed by atoms with Crippen molar-refractivity contribution in [2.75, 3.05) is 7.11 Å².